The van der Waals surface area contributed by atoms with E-state index in [0.29, 0.717) is 22.1 Å². The molecule has 3 aromatic carbocycles. The minimum atomic E-state index is -0.733. The molecule has 0 atom stereocenters. The number of fused-ring (bicyclic) bond motifs is 1. The first-order valence-electron chi connectivity index (χ1n) is 9.00. The zero-order valence-electron chi connectivity index (χ0n) is 15.9. The summed E-state index contributed by atoms with van der Waals surface area (Å²) in [5.74, 6) is -0.00693. The minimum Gasteiger partial charge on any atom is -0.507 e. The third kappa shape index (κ3) is 3.77. The van der Waals surface area contributed by atoms with Crippen LogP contribution < -0.4 is 14.9 Å². The SMILES string of the molecule is COc1ccc(-c2oc3cc(OCc4ccc(Cl)cc4)cc(O)c3c(=O)c2O)cc1. The Morgan fingerprint density at radius 2 is 1.67 bits per heavy atom. The first-order valence-corrected chi connectivity index (χ1v) is 9.38. The second-order valence-electron chi connectivity index (χ2n) is 6.57. The number of hydrogen-bond acceptors (Lipinski definition) is 6. The molecule has 152 valence electrons. The monoisotopic (exact) mass is 424 g/mol. The van der Waals surface area contributed by atoms with Crippen LogP contribution in [0.1, 0.15) is 5.56 Å². The van der Waals surface area contributed by atoms with Crippen LogP contribution in [0.4, 0.5) is 0 Å². The van der Waals surface area contributed by atoms with E-state index in [2.05, 4.69) is 0 Å². The molecule has 0 spiro atoms. The van der Waals surface area contributed by atoms with Gasteiger partial charge in [-0.25, -0.2) is 0 Å². The fourth-order valence-corrected chi connectivity index (χ4v) is 3.16. The fourth-order valence-electron chi connectivity index (χ4n) is 3.03. The van der Waals surface area contributed by atoms with Crippen LogP contribution in [0.5, 0.6) is 23.0 Å². The predicted octanol–water partition coefficient (Wildman–Crippen LogP) is 5.11. The largest absolute Gasteiger partial charge is 0.507 e. The summed E-state index contributed by atoms with van der Waals surface area (Å²) in [6, 6.07) is 16.6. The van der Waals surface area contributed by atoms with Crippen molar-refractivity contribution in [2.24, 2.45) is 0 Å². The molecule has 30 heavy (non-hydrogen) atoms. The molecule has 0 aliphatic rings. The smallest absolute Gasteiger partial charge is 0.238 e. The maximum Gasteiger partial charge on any atom is 0.238 e. The highest BCUT2D eigenvalue weighted by Gasteiger charge is 2.19. The summed E-state index contributed by atoms with van der Waals surface area (Å²) in [5, 5.41) is 21.2. The zero-order chi connectivity index (χ0) is 21.3. The molecule has 0 saturated carbocycles. The molecule has 0 fully saturated rings. The lowest BCUT2D eigenvalue weighted by atomic mass is 10.1. The molecule has 0 amide bonds. The summed E-state index contributed by atoms with van der Waals surface area (Å²) in [5.41, 5.74) is 0.725. The van der Waals surface area contributed by atoms with Gasteiger partial charge < -0.3 is 24.1 Å². The van der Waals surface area contributed by atoms with Gasteiger partial charge >= 0.3 is 0 Å². The number of halogens is 1. The van der Waals surface area contributed by atoms with Gasteiger partial charge in [0, 0.05) is 22.7 Å². The lowest BCUT2D eigenvalue weighted by Crippen LogP contribution is -2.04. The average molecular weight is 425 g/mol. The number of hydrogen-bond donors (Lipinski definition) is 2. The van der Waals surface area contributed by atoms with E-state index < -0.39 is 11.2 Å². The van der Waals surface area contributed by atoms with Gasteiger partial charge in [-0.3, -0.25) is 4.79 Å². The molecular weight excluding hydrogens is 408 g/mol. The minimum absolute atomic E-state index is 0.00981. The zero-order valence-corrected chi connectivity index (χ0v) is 16.6. The Labute approximate surface area is 176 Å². The highest BCUT2D eigenvalue weighted by molar-refractivity contribution is 6.30. The number of benzene rings is 3. The van der Waals surface area contributed by atoms with E-state index in [1.54, 1.807) is 36.4 Å². The first kappa shape index (κ1) is 19.7. The number of rotatable bonds is 5. The molecule has 1 heterocycles. The second-order valence-corrected chi connectivity index (χ2v) is 7.00. The predicted molar refractivity (Wildman–Crippen MR) is 114 cm³/mol. The highest BCUT2D eigenvalue weighted by atomic mass is 35.5. The second kappa shape index (κ2) is 8.00. The standard InChI is InChI=1S/C23H17ClO6/c1-28-16-8-4-14(5-9-16)23-22(27)21(26)20-18(25)10-17(11-19(20)30-23)29-12-13-2-6-15(24)7-3-13/h2-11,25,27H,12H2,1H3. The van der Waals surface area contributed by atoms with Crippen molar-refractivity contribution >= 4 is 22.6 Å². The highest BCUT2D eigenvalue weighted by Crippen LogP contribution is 2.36. The molecule has 4 rings (SSSR count). The van der Waals surface area contributed by atoms with Crippen LogP contribution in [0.3, 0.4) is 0 Å². The Hall–Kier alpha value is -3.64. The molecule has 1 aromatic heterocycles. The van der Waals surface area contributed by atoms with Crippen molar-refractivity contribution in [2.45, 2.75) is 6.61 Å². The molecular formula is C23H17ClO6. The van der Waals surface area contributed by atoms with Crippen LogP contribution in [0.15, 0.2) is 69.9 Å². The van der Waals surface area contributed by atoms with Crippen LogP contribution in [-0.4, -0.2) is 17.3 Å². The third-order valence-corrected chi connectivity index (χ3v) is 4.85. The summed E-state index contributed by atoms with van der Waals surface area (Å²) in [7, 11) is 1.54. The molecule has 0 aliphatic carbocycles. The summed E-state index contributed by atoms with van der Waals surface area (Å²) >= 11 is 5.88. The van der Waals surface area contributed by atoms with Crippen LogP contribution >= 0.6 is 11.6 Å². The van der Waals surface area contributed by atoms with Crippen molar-refractivity contribution in [1.82, 2.24) is 0 Å². The van der Waals surface area contributed by atoms with E-state index in [0.717, 1.165) is 5.56 Å². The van der Waals surface area contributed by atoms with Crippen LogP contribution in [-0.2, 0) is 6.61 Å². The number of phenolic OH excluding ortho intramolecular Hbond substituents is 1. The van der Waals surface area contributed by atoms with Crippen molar-refractivity contribution in [3.63, 3.8) is 0 Å². The lowest BCUT2D eigenvalue weighted by molar-refractivity contribution is 0.304. The topological polar surface area (TPSA) is 89.1 Å². The molecule has 0 radical (unpaired) electrons. The molecule has 0 aliphatic heterocycles. The molecule has 4 aromatic rings. The number of ether oxygens (including phenoxy) is 2. The van der Waals surface area contributed by atoms with Gasteiger partial charge in [-0.15, -0.1) is 0 Å². The number of aromatic hydroxyl groups is 2. The Bertz CT molecular complexity index is 1260. The fraction of sp³-hybridized carbons (Fsp3) is 0.0870. The van der Waals surface area contributed by atoms with Crippen molar-refractivity contribution < 1.29 is 24.1 Å². The van der Waals surface area contributed by atoms with Gasteiger partial charge in [-0.1, -0.05) is 23.7 Å². The van der Waals surface area contributed by atoms with E-state index in [-0.39, 0.29) is 29.1 Å². The van der Waals surface area contributed by atoms with Crippen molar-refractivity contribution in [3.05, 3.63) is 81.5 Å². The first-order chi connectivity index (χ1) is 14.5. The van der Waals surface area contributed by atoms with Crippen molar-refractivity contribution in [1.29, 1.82) is 0 Å². The van der Waals surface area contributed by atoms with Gasteiger partial charge in [0.15, 0.2) is 5.76 Å². The van der Waals surface area contributed by atoms with Gasteiger partial charge in [0.1, 0.15) is 34.8 Å². The van der Waals surface area contributed by atoms with Gasteiger partial charge in [0.05, 0.1) is 7.11 Å². The lowest BCUT2D eigenvalue weighted by Gasteiger charge is -2.11. The maximum atomic E-state index is 12.6. The van der Waals surface area contributed by atoms with Gasteiger partial charge in [-0.05, 0) is 42.0 Å². The van der Waals surface area contributed by atoms with Crippen LogP contribution in [0, 0.1) is 0 Å². The Balaban J connectivity index is 1.73. The normalized spacial score (nSPS) is 10.9. The van der Waals surface area contributed by atoms with Crippen molar-refractivity contribution in [2.75, 3.05) is 7.11 Å². The van der Waals surface area contributed by atoms with E-state index in [4.69, 9.17) is 25.5 Å². The van der Waals surface area contributed by atoms with E-state index in [9.17, 15) is 15.0 Å². The summed E-state index contributed by atoms with van der Waals surface area (Å²) in [6.45, 7) is 0.232. The molecule has 0 bridgehead atoms. The summed E-state index contributed by atoms with van der Waals surface area (Å²) < 4.78 is 16.6. The van der Waals surface area contributed by atoms with Crippen LogP contribution in [0.2, 0.25) is 5.02 Å². The number of methoxy groups -OCH3 is 1. The quantitative estimate of drug-likeness (QED) is 0.462. The molecule has 0 saturated heterocycles. The molecule has 0 unspecified atom stereocenters. The van der Waals surface area contributed by atoms with E-state index >= 15 is 0 Å². The molecule has 2 N–H and O–H groups in total. The summed E-state index contributed by atoms with van der Waals surface area (Å²) in [6.07, 6.45) is 0. The van der Waals surface area contributed by atoms with E-state index in [1.165, 1.54) is 19.2 Å². The van der Waals surface area contributed by atoms with Gasteiger partial charge in [0.2, 0.25) is 11.2 Å². The molecule has 7 heteroatoms. The Morgan fingerprint density at radius 1 is 0.967 bits per heavy atom. The number of phenols is 1. The Morgan fingerprint density at radius 3 is 2.33 bits per heavy atom. The Kier molecular flexibility index (Phi) is 5.25. The van der Waals surface area contributed by atoms with Gasteiger partial charge in [0.25, 0.3) is 0 Å². The maximum absolute atomic E-state index is 12.6. The van der Waals surface area contributed by atoms with Crippen LogP contribution in [0.25, 0.3) is 22.3 Å². The van der Waals surface area contributed by atoms with E-state index in [1.807, 2.05) is 12.1 Å². The summed E-state index contributed by atoms with van der Waals surface area (Å²) in [4.78, 5) is 12.6. The average Bonchev–Trinajstić information content (AvgIpc) is 2.75. The molecule has 6 nitrogen and oxygen atoms in total. The van der Waals surface area contributed by atoms with Crippen molar-refractivity contribution in [3.8, 4) is 34.3 Å². The third-order valence-electron chi connectivity index (χ3n) is 4.60. The van der Waals surface area contributed by atoms with Gasteiger partial charge in [-0.2, -0.15) is 0 Å².